The number of fused-ring (bicyclic) bond motifs is 1. The number of pyridine rings is 1. The van der Waals surface area contributed by atoms with Gasteiger partial charge in [-0.3, -0.25) is 10.1 Å². The first kappa shape index (κ1) is 20.4. The van der Waals surface area contributed by atoms with Crippen molar-refractivity contribution in [2.45, 2.75) is 15.1 Å². The molecule has 0 saturated carbocycles. The number of rotatable bonds is 6. The van der Waals surface area contributed by atoms with Crippen LogP contribution in [0, 0.1) is 20.2 Å². The molecule has 0 fully saturated rings. The third-order valence-corrected chi connectivity index (χ3v) is 6.89. The van der Waals surface area contributed by atoms with E-state index in [4.69, 9.17) is 0 Å². The van der Waals surface area contributed by atoms with Crippen molar-refractivity contribution in [2.24, 2.45) is 0 Å². The van der Waals surface area contributed by atoms with E-state index in [0.717, 1.165) is 40.0 Å². The summed E-state index contributed by atoms with van der Waals surface area (Å²) in [5.41, 5.74) is 0.430. The Morgan fingerprint density at radius 1 is 0.839 bits per heavy atom. The van der Waals surface area contributed by atoms with E-state index in [-0.39, 0.29) is 32.1 Å². The molecule has 0 amide bonds. The first-order chi connectivity index (χ1) is 14.8. The highest BCUT2D eigenvalue weighted by Gasteiger charge is 2.27. The van der Waals surface area contributed by atoms with Crippen molar-refractivity contribution in [2.75, 3.05) is 0 Å². The van der Waals surface area contributed by atoms with E-state index in [0.29, 0.717) is 5.52 Å². The minimum atomic E-state index is -4.19. The van der Waals surface area contributed by atoms with Crippen LogP contribution in [0.15, 0.2) is 81.8 Å². The van der Waals surface area contributed by atoms with Crippen molar-refractivity contribution >= 4 is 44.3 Å². The first-order valence-corrected chi connectivity index (χ1v) is 10.8. The fourth-order valence-electron chi connectivity index (χ4n) is 2.78. The minimum Gasteiger partial charge on any atom is -0.358 e. The number of nitrogens with zero attached hydrogens (tertiary/aromatic N) is 5. The van der Waals surface area contributed by atoms with E-state index >= 15 is 0 Å². The lowest BCUT2D eigenvalue weighted by Crippen LogP contribution is -2.14. The van der Waals surface area contributed by atoms with Gasteiger partial charge in [0.15, 0.2) is 5.16 Å². The minimum absolute atomic E-state index is 0.0209. The predicted octanol–water partition coefficient (Wildman–Crippen LogP) is 3.64. The Labute approximate surface area is 178 Å². The van der Waals surface area contributed by atoms with Crippen molar-refractivity contribution in [3.63, 3.8) is 0 Å². The Morgan fingerprint density at radius 2 is 1.55 bits per heavy atom. The zero-order valence-electron chi connectivity index (χ0n) is 15.4. The summed E-state index contributed by atoms with van der Waals surface area (Å²) in [5.74, 6) is -0.383. The third-order valence-electron chi connectivity index (χ3n) is 4.17. The van der Waals surface area contributed by atoms with E-state index in [2.05, 4.69) is 9.97 Å². The molecule has 156 valence electrons. The maximum absolute atomic E-state index is 13.4. The van der Waals surface area contributed by atoms with Gasteiger partial charge in [-0.15, -0.1) is 0 Å². The number of imidazole rings is 1. The topological polar surface area (TPSA) is 151 Å². The van der Waals surface area contributed by atoms with Crippen molar-refractivity contribution in [1.29, 1.82) is 0 Å². The van der Waals surface area contributed by atoms with Crippen molar-refractivity contribution in [3.8, 4) is 0 Å². The van der Waals surface area contributed by atoms with E-state index in [1.807, 2.05) is 0 Å². The molecule has 0 aliphatic heterocycles. The Balaban J connectivity index is 1.86. The average molecular weight is 457 g/mol. The van der Waals surface area contributed by atoms with Crippen LogP contribution in [0.25, 0.3) is 11.0 Å². The number of hydrogen-bond acceptors (Lipinski definition) is 9. The summed E-state index contributed by atoms with van der Waals surface area (Å²) in [6, 6.07) is 15.2. The lowest BCUT2D eigenvalue weighted by Gasteiger charge is -2.09. The predicted molar refractivity (Wildman–Crippen MR) is 110 cm³/mol. The molecular formula is C18H11N5O6S2. The van der Waals surface area contributed by atoms with Gasteiger partial charge in [-0.05, 0) is 58.1 Å². The van der Waals surface area contributed by atoms with Gasteiger partial charge in [0, 0.05) is 18.2 Å². The number of non-ortho nitro benzene ring substituents is 1. The van der Waals surface area contributed by atoms with Crippen LogP contribution in [-0.4, -0.2) is 32.2 Å². The summed E-state index contributed by atoms with van der Waals surface area (Å²) < 4.78 is 27.8. The molecule has 0 unspecified atom stereocenters. The van der Waals surface area contributed by atoms with Gasteiger partial charge in [0.2, 0.25) is 5.03 Å². The van der Waals surface area contributed by atoms with Crippen LogP contribution >= 0.6 is 11.8 Å². The summed E-state index contributed by atoms with van der Waals surface area (Å²) >= 11 is 0.850. The van der Waals surface area contributed by atoms with E-state index < -0.39 is 19.9 Å². The molecule has 0 aliphatic rings. The van der Waals surface area contributed by atoms with Crippen LogP contribution < -0.4 is 0 Å². The second kappa shape index (κ2) is 7.77. The fraction of sp³-hybridized carbons (Fsp3) is 0. The summed E-state index contributed by atoms with van der Waals surface area (Å²) in [5, 5.41) is 22.1. The summed E-state index contributed by atoms with van der Waals surface area (Å²) in [4.78, 5) is 28.7. The molecule has 0 saturated heterocycles. The molecule has 13 heteroatoms. The molecule has 0 atom stereocenters. The quantitative estimate of drug-likeness (QED) is 0.312. The monoisotopic (exact) mass is 457 g/mol. The maximum atomic E-state index is 13.4. The van der Waals surface area contributed by atoms with Crippen LogP contribution in [-0.2, 0) is 10.0 Å². The molecule has 2 aromatic carbocycles. The Bertz CT molecular complexity index is 1430. The molecule has 0 radical (unpaired) electrons. The molecule has 0 bridgehead atoms. The smallest absolute Gasteiger partial charge is 0.358 e. The SMILES string of the molecule is O=[N+]([O-])c1ccc(S(=O)(=O)n2c(Sc3cccc([N+](=O)[O-])n3)nc3ccccc32)cc1. The Hall–Kier alpha value is -3.84. The van der Waals surface area contributed by atoms with Gasteiger partial charge in [0.05, 0.1) is 20.9 Å². The fourth-order valence-corrected chi connectivity index (χ4v) is 5.33. The van der Waals surface area contributed by atoms with Gasteiger partial charge in [-0.1, -0.05) is 12.1 Å². The molecular weight excluding hydrogens is 446 g/mol. The van der Waals surface area contributed by atoms with Gasteiger partial charge in [0.1, 0.15) is 0 Å². The van der Waals surface area contributed by atoms with E-state index in [1.165, 1.54) is 18.2 Å². The Kier molecular flexibility index (Phi) is 5.12. The molecule has 4 rings (SSSR count). The Morgan fingerprint density at radius 3 is 2.23 bits per heavy atom. The summed E-state index contributed by atoms with van der Waals surface area (Å²) in [6.45, 7) is 0. The number of hydrogen-bond donors (Lipinski definition) is 0. The number of para-hydroxylation sites is 2. The molecule has 0 N–H and O–H groups in total. The second-order valence-electron chi connectivity index (χ2n) is 6.10. The van der Waals surface area contributed by atoms with E-state index in [9.17, 15) is 28.6 Å². The molecule has 0 spiro atoms. The van der Waals surface area contributed by atoms with Crippen molar-refractivity contribution in [1.82, 2.24) is 13.9 Å². The summed E-state index contributed by atoms with van der Waals surface area (Å²) in [6.07, 6.45) is 0. The lowest BCUT2D eigenvalue weighted by atomic mass is 10.3. The van der Waals surface area contributed by atoms with E-state index in [1.54, 1.807) is 24.3 Å². The number of aromatic nitrogens is 3. The van der Waals surface area contributed by atoms with Crippen molar-refractivity contribution in [3.05, 3.63) is 87.0 Å². The average Bonchev–Trinajstić information content (AvgIpc) is 3.12. The third kappa shape index (κ3) is 3.83. The van der Waals surface area contributed by atoms with Gasteiger partial charge in [-0.2, -0.15) is 0 Å². The molecule has 31 heavy (non-hydrogen) atoms. The van der Waals surface area contributed by atoms with Gasteiger partial charge >= 0.3 is 5.82 Å². The molecule has 2 heterocycles. The highest BCUT2D eigenvalue weighted by molar-refractivity contribution is 8.00. The van der Waals surface area contributed by atoms with Crippen LogP contribution in [0.2, 0.25) is 0 Å². The number of benzene rings is 2. The maximum Gasteiger partial charge on any atom is 0.364 e. The first-order valence-electron chi connectivity index (χ1n) is 8.54. The van der Waals surface area contributed by atoms with Crippen molar-refractivity contribution < 1.29 is 18.3 Å². The lowest BCUT2D eigenvalue weighted by molar-refractivity contribution is -0.390. The molecule has 11 nitrogen and oxygen atoms in total. The molecule has 0 aliphatic carbocycles. The second-order valence-corrected chi connectivity index (χ2v) is 8.87. The van der Waals surface area contributed by atoms with Crippen LogP contribution in [0.5, 0.6) is 0 Å². The van der Waals surface area contributed by atoms with Crippen LogP contribution in [0.4, 0.5) is 11.5 Å². The number of nitro benzene ring substituents is 1. The van der Waals surface area contributed by atoms with Crippen LogP contribution in [0.3, 0.4) is 0 Å². The van der Waals surface area contributed by atoms with Gasteiger partial charge in [-0.25, -0.2) is 17.4 Å². The zero-order valence-corrected chi connectivity index (χ0v) is 17.0. The number of nitro groups is 2. The molecule has 4 aromatic rings. The molecule has 2 aromatic heterocycles. The normalized spacial score (nSPS) is 11.5. The summed E-state index contributed by atoms with van der Waals surface area (Å²) in [7, 11) is -4.19. The standard InChI is InChI=1S/C18H11N5O6S2/c24-22(25)12-8-10-13(11-9-12)31(28,29)21-15-5-2-1-4-14(15)19-18(21)30-17-7-3-6-16(20-17)23(26)27/h1-11H. The highest BCUT2D eigenvalue weighted by Crippen LogP contribution is 2.33. The van der Waals surface area contributed by atoms with Crippen LogP contribution in [0.1, 0.15) is 0 Å². The largest absolute Gasteiger partial charge is 0.364 e. The highest BCUT2D eigenvalue weighted by atomic mass is 32.2. The van der Waals surface area contributed by atoms with Gasteiger partial charge < -0.3 is 10.1 Å². The van der Waals surface area contributed by atoms with Gasteiger partial charge in [0.25, 0.3) is 15.7 Å². The zero-order chi connectivity index (χ0) is 22.2.